The molecular formula is C12H16BrF3N2S. The third-order valence-corrected chi connectivity index (χ3v) is 6.21. The highest BCUT2D eigenvalue weighted by Gasteiger charge is 2.42. The van der Waals surface area contributed by atoms with Gasteiger partial charge in [-0.15, -0.1) is 21.5 Å². The first-order chi connectivity index (χ1) is 8.91. The second-order valence-electron chi connectivity index (χ2n) is 4.94. The summed E-state index contributed by atoms with van der Waals surface area (Å²) in [6, 6.07) is 0. The zero-order valence-electron chi connectivity index (χ0n) is 10.6. The summed E-state index contributed by atoms with van der Waals surface area (Å²) in [5.41, 5.74) is 0. The van der Waals surface area contributed by atoms with E-state index in [4.69, 9.17) is 0 Å². The Balaban J connectivity index is 1.96. The Morgan fingerprint density at radius 1 is 1.26 bits per heavy atom. The molecule has 1 aromatic rings. The van der Waals surface area contributed by atoms with Gasteiger partial charge in [-0.25, -0.2) is 0 Å². The van der Waals surface area contributed by atoms with E-state index in [0.29, 0.717) is 12.8 Å². The first-order valence-corrected chi connectivity index (χ1v) is 8.19. The van der Waals surface area contributed by atoms with Crippen molar-refractivity contribution in [2.75, 3.05) is 0 Å². The van der Waals surface area contributed by atoms with Crippen molar-refractivity contribution in [2.24, 2.45) is 5.92 Å². The van der Waals surface area contributed by atoms with E-state index in [0.717, 1.165) is 16.4 Å². The van der Waals surface area contributed by atoms with Crippen LogP contribution in [0.1, 0.15) is 59.8 Å². The second-order valence-corrected chi connectivity index (χ2v) is 7.09. The van der Waals surface area contributed by atoms with Crippen LogP contribution in [-0.4, -0.2) is 16.4 Å². The standard InChI is InChI=1S/C12H16BrF3N2S/c1-2-9(13)11-18-17-10(19-11)7-3-5-8(6-4-7)12(14,15)16/h7-9H,2-6H2,1H3. The summed E-state index contributed by atoms with van der Waals surface area (Å²) >= 11 is 5.05. The largest absolute Gasteiger partial charge is 0.391 e. The van der Waals surface area contributed by atoms with Crippen LogP contribution in [0.2, 0.25) is 0 Å². The molecule has 2 nitrogen and oxygen atoms in total. The molecule has 0 aromatic carbocycles. The molecule has 1 aromatic heterocycles. The summed E-state index contributed by atoms with van der Waals surface area (Å²) in [5.74, 6) is -0.975. The summed E-state index contributed by atoms with van der Waals surface area (Å²) in [5, 5.41) is 10.1. The molecule has 0 saturated heterocycles. The van der Waals surface area contributed by atoms with Crippen LogP contribution in [0.5, 0.6) is 0 Å². The van der Waals surface area contributed by atoms with Gasteiger partial charge in [0.15, 0.2) is 0 Å². The van der Waals surface area contributed by atoms with Crippen molar-refractivity contribution >= 4 is 27.3 Å². The molecule has 1 fully saturated rings. The van der Waals surface area contributed by atoms with Crippen molar-refractivity contribution in [3.05, 3.63) is 10.0 Å². The molecule has 0 bridgehead atoms. The molecule has 1 unspecified atom stereocenters. The van der Waals surface area contributed by atoms with Crippen LogP contribution in [0.25, 0.3) is 0 Å². The minimum atomic E-state index is -4.04. The van der Waals surface area contributed by atoms with Crippen molar-refractivity contribution in [3.8, 4) is 0 Å². The highest BCUT2D eigenvalue weighted by atomic mass is 79.9. The first-order valence-electron chi connectivity index (χ1n) is 6.46. The van der Waals surface area contributed by atoms with Crippen LogP contribution in [0, 0.1) is 5.92 Å². The van der Waals surface area contributed by atoms with Gasteiger partial charge in [0.05, 0.1) is 10.7 Å². The van der Waals surface area contributed by atoms with Gasteiger partial charge in [-0.1, -0.05) is 22.9 Å². The molecule has 108 valence electrons. The lowest BCUT2D eigenvalue weighted by molar-refractivity contribution is -0.182. The van der Waals surface area contributed by atoms with Gasteiger partial charge in [0.1, 0.15) is 10.0 Å². The highest BCUT2D eigenvalue weighted by molar-refractivity contribution is 9.09. The molecule has 0 radical (unpaired) electrons. The van der Waals surface area contributed by atoms with Crippen molar-refractivity contribution in [1.82, 2.24) is 10.2 Å². The number of nitrogens with zero attached hydrogens (tertiary/aromatic N) is 2. The second kappa shape index (κ2) is 6.08. The summed E-state index contributed by atoms with van der Waals surface area (Å²) in [4.78, 5) is 0.199. The van der Waals surface area contributed by atoms with E-state index in [1.54, 1.807) is 0 Å². The Labute approximate surface area is 122 Å². The van der Waals surface area contributed by atoms with Crippen molar-refractivity contribution in [1.29, 1.82) is 0 Å². The lowest BCUT2D eigenvalue weighted by Crippen LogP contribution is -2.27. The molecule has 0 N–H and O–H groups in total. The average molecular weight is 357 g/mol. The minimum Gasteiger partial charge on any atom is -0.171 e. The maximum Gasteiger partial charge on any atom is 0.391 e. The van der Waals surface area contributed by atoms with Crippen LogP contribution in [-0.2, 0) is 0 Å². The number of halogens is 4. The molecule has 0 amide bonds. The third kappa shape index (κ3) is 3.68. The lowest BCUT2D eigenvalue weighted by Gasteiger charge is -2.28. The Bertz CT molecular complexity index is 413. The van der Waals surface area contributed by atoms with Gasteiger partial charge in [0.2, 0.25) is 0 Å². The zero-order valence-corrected chi connectivity index (χ0v) is 13.0. The highest BCUT2D eigenvalue weighted by Crippen LogP contribution is 2.44. The fraction of sp³-hybridized carbons (Fsp3) is 0.833. The van der Waals surface area contributed by atoms with Crippen molar-refractivity contribution in [3.63, 3.8) is 0 Å². The molecule has 0 spiro atoms. The van der Waals surface area contributed by atoms with E-state index in [-0.39, 0.29) is 23.6 Å². The van der Waals surface area contributed by atoms with E-state index < -0.39 is 12.1 Å². The molecule has 1 heterocycles. The smallest absolute Gasteiger partial charge is 0.171 e. The quantitative estimate of drug-likeness (QED) is 0.693. The van der Waals surface area contributed by atoms with Crippen molar-refractivity contribution < 1.29 is 13.2 Å². The third-order valence-electron chi connectivity index (χ3n) is 3.62. The number of hydrogen-bond donors (Lipinski definition) is 0. The number of rotatable bonds is 3. The van der Waals surface area contributed by atoms with Crippen LogP contribution < -0.4 is 0 Å². The molecule has 1 aliphatic carbocycles. The molecule has 1 atom stereocenters. The normalized spacial score (nSPS) is 26.4. The van der Waals surface area contributed by atoms with E-state index in [2.05, 4.69) is 33.1 Å². The van der Waals surface area contributed by atoms with Crippen LogP contribution in [0.4, 0.5) is 13.2 Å². The Kier molecular flexibility index (Phi) is 4.87. The number of aromatic nitrogens is 2. The summed E-state index contributed by atoms with van der Waals surface area (Å²) in [6.07, 6.45) is -1.55. The fourth-order valence-electron chi connectivity index (χ4n) is 2.38. The number of hydrogen-bond acceptors (Lipinski definition) is 3. The van der Waals surface area contributed by atoms with Gasteiger partial charge in [0, 0.05) is 5.92 Å². The molecular weight excluding hydrogens is 341 g/mol. The van der Waals surface area contributed by atoms with Gasteiger partial charge in [0.25, 0.3) is 0 Å². The molecule has 19 heavy (non-hydrogen) atoms. The number of alkyl halides is 4. The molecule has 0 aliphatic heterocycles. The molecule has 2 rings (SSSR count). The maximum atomic E-state index is 12.6. The summed E-state index contributed by atoms with van der Waals surface area (Å²) in [7, 11) is 0. The van der Waals surface area contributed by atoms with E-state index >= 15 is 0 Å². The molecule has 1 saturated carbocycles. The minimum absolute atomic E-state index is 0.154. The zero-order chi connectivity index (χ0) is 14.0. The van der Waals surface area contributed by atoms with E-state index in [1.807, 2.05) is 0 Å². The van der Waals surface area contributed by atoms with Crippen LogP contribution >= 0.6 is 27.3 Å². The molecule has 1 aliphatic rings. The van der Waals surface area contributed by atoms with Gasteiger partial charge in [-0.05, 0) is 32.1 Å². The monoisotopic (exact) mass is 356 g/mol. The lowest BCUT2D eigenvalue weighted by atomic mass is 9.82. The Morgan fingerprint density at radius 2 is 1.89 bits per heavy atom. The molecule has 7 heteroatoms. The summed E-state index contributed by atoms with van der Waals surface area (Å²) < 4.78 is 37.8. The van der Waals surface area contributed by atoms with Crippen LogP contribution in [0.3, 0.4) is 0 Å². The Morgan fingerprint density at radius 3 is 2.42 bits per heavy atom. The van der Waals surface area contributed by atoms with Crippen molar-refractivity contribution in [2.45, 2.75) is 55.9 Å². The fourth-order valence-corrected chi connectivity index (χ4v) is 3.83. The maximum absolute atomic E-state index is 12.6. The Hall–Kier alpha value is -0.170. The summed E-state index contributed by atoms with van der Waals surface area (Å²) in [6.45, 7) is 2.05. The van der Waals surface area contributed by atoms with Gasteiger partial charge >= 0.3 is 6.18 Å². The van der Waals surface area contributed by atoms with Gasteiger partial charge in [-0.3, -0.25) is 0 Å². The SMILES string of the molecule is CCC(Br)c1nnc(C2CCC(C(F)(F)F)CC2)s1. The average Bonchev–Trinajstić information content (AvgIpc) is 2.86. The van der Waals surface area contributed by atoms with Gasteiger partial charge in [-0.2, -0.15) is 13.2 Å². The predicted molar refractivity (Wildman–Crippen MR) is 72.6 cm³/mol. The van der Waals surface area contributed by atoms with E-state index in [1.165, 1.54) is 11.3 Å². The van der Waals surface area contributed by atoms with Crippen LogP contribution in [0.15, 0.2) is 0 Å². The van der Waals surface area contributed by atoms with Gasteiger partial charge < -0.3 is 0 Å². The topological polar surface area (TPSA) is 25.8 Å². The first kappa shape index (κ1) is 15.2. The van der Waals surface area contributed by atoms with E-state index in [9.17, 15) is 13.2 Å². The predicted octanol–water partition coefficient (Wildman–Crippen LogP) is 5.22.